The van der Waals surface area contributed by atoms with Gasteiger partial charge in [0.1, 0.15) is 0 Å². The van der Waals surface area contributed by atoms with Crippen molar-refractivity contribution in [1.82, 2.24) is 20.0 Å². The van der Waals surface area contributed by atoms with E-state index in [0.29, 0.717) is 35.5 Å². The molecule has 6 nitrogen and oxygen atoms in total. The number of aromatic nitrogens is 4. The minimum Gasteiger partial charge on any atom is -0.421 e. The minimum atomic E-state index is 0.487. The third-order valence-electron chi connectivity index (χ3n) is 3.46. The largest absolute Gasteiger partial charge is 0.421 e. The number of halogens is 1. The smallest absolute Gasteiger partial charge is 0.247 e. The Labute approximate surface area is 132 Å². The quantitative estimate of drug-likeness (QED) is 0.748. The Morgan fingerprint density at radius 2 is 1.91 bits per heavy atom. The molecule has 0 aliphatic carbocycles. The molecule has 0 spiro atoms. The first kappa shape index (κ1) is 14.6. The molecule has 0 aliphatic heterocycles. The number of nitrogen functional groups attached to an aromatic ring is 1. The molecule has 0 radical (unpaired) electrons. The summed E-state index contributed by atoms with van der Waals surface area (Å²) in [6.07, 6.45) is 0.597. The fourth-order valence-corrected chi connectivity index (χ4v) is 2.33. The molecule has 0 atom stereocenters. The number of hydrogen-bond acceptors (Lipinski definition) is 5. The van der Waals surface area contributed by atoms with Gasteiger partial charge in [0.15, 0.2) is 0 Å². The van der Waals surface area contributed by atoms with Gasteiger partial charge in [0, 0.05) is 24.2 Å². The highest BCUT2D eigenvalue weighted by atomic mass is 35.5. The van der Waals surface area contributed by atoms with E-state index < -0.39 is 0 Å². The average molecular weight is 318 g/mol. The van der Waals surface area contributed by atoms with E-state index in [4.69, 9.17) is 21.8 Å². The van der Waals surface area contributed by atoms with E-state index in [1.807, 2.05) is 30.7 Å². The third kappa shape index (κ3) is 2.82. The summed E-state index contributed by atoms with van der Waals surface area (Å²) in [5, 5.41) is 13.2. The predicted molar refractivity (Wildman–Crippen MR) is 84.6 cm³/mol. The molecule has 2 aromatic heterocycles. The first-order valence-electron chi connectivity index (χ1n) is 6.92. The van der Waals surface area contributed by atoms with Gasteiger partial charge < -0.3 is 10.2 Å². The lowest BCUT2D eigenvalue weighted by Crippen LogP contribution is -2.05. The second kappa shape index (κ2) is 5.81. The zero-order valence-corrected chi connectivity index (χ0v) is 13.1. The summed E-state index contributed by atoms with van der Waals surface area (Å²) in [7, 11) is 0. The standard InChI is InChI=1S/C15H16ClN5O/c1-9-14(16)10(2)21(20-9)8-7-13-18-19-15(22-13)11-3-5-12(17)6-4-11/h3-6H,7-8,17H2,1-2H3. The molecule has 0 amide bonds. The molecule has 2 heterocycles. The van der Waals surface area contributed by atoms with E-state index in [1.54, 1.807) is 12.1 Å². The number of hydrogen-bond donors (Lipinski definition) is 1. The van der Waals surface area contributed by atoms with Crippen LogP contribution in [0.5, 0.6) is 0 Å². The van der Waals surface area contributed by atoms with E-state index in [1.165, 1.54) is 0 Å². The van der Waals surface area contributed by atoms with Gasteiger partial charge in [-0.3, -0.25) is 4.68 Å². The van der Waals surface area contributed by atoms with Crippen LogP contribution in [0.15, 0.2) is 28.7 Å². The van der Waals surface area contributed by atoms with Gasteiger partial charge in [-0.2, -0.15) is 5.10 Å². The van der Waals surface area contributed by atoms with Gasteiger partial charge in [0.25, 0.3) is 0 Å². The van der Waals surface area contributed by atoms with Crippen LogP contribution in [0.25, 0.3) is 11.5 Å². The second-order valence-electron chi connectivity index (χ2n) is 5.08. The number of nitrogens with two attached hydrogens (primary N) is 1. The van der Waals surface area contributed by atoms with Gasteiger partial charge >= 0.3 is 0 Å². The molecule has 0 saturated heterocycles. The topological polar surface area (TPSA) is 82.8 Å². The van der Waals surface area contributed by atoms with Crippen molar-refractivity contribution in [2.24, 2.45) is 0 Å². The van der Waals surface area contributed by atoms with E-state index in [0.717, 1.165) is 17.0 Å². The normalized spacial score (nSPS) is 11.0. The average Bonchev–Trinajstić information content (AvgIpc) is 3.07. The van der Waals surface area contributed by atoms with Gasteiger partial charge in [-0.25, -0.2) is 0 Å². The summed E-state index contributed by atoms with van der Waals surface area (Å²) in [6.45, 7) is 4.47. The third-order valence-corrected chi connectivity index (χ3v) is 4.00. The van der Waals surface area contributed by atoms with Gasteiger partial charge in [-0.05, 0) is 38.1 Å². The molecule has 0 fully saturated rings. The van der Waals surface area contributed by atoms with Crippen LogP contribution in [-0.2, 0) is 13.0 Å². The minimum absolute atomic E-state index is 0.487. The van der Waals surface area contributed by atoms with Crippen LogP contribution in [-0.4, -0.2) is 20.0 Å². The van der Waals surface area contributed by atoms with Crippen molar-refractivity contribution >= 4 is 17.3 Å². The lowest BCUT2D eigenvalue weighted by atomic mass is 10.2. The molecule has 0 unspecified atom stereocenters. The van der Waals surface area contributed by atoms with Crippen LogP contribution in [0.4, 0.5) is 5.69 Å². The Hall–Kier alpha value is -2.34. The highest BCUT2D eigenvalue weighted by Gasteiger charge is 2.12. The zero-order valence-electron chi connectivity index (χ0n) is 12.4. The fourth-order valence-electron chi connectivity index (χ4n) is 2.19. The molecule has 114 valence electrons. The van der Waals surface area contributed by atoms with Gasteiger partial charge in [0.2, 0.25) is 11.8 Å². The Kier molecular flexibility index (Phi) is 3.85. The van der Waals surface area contributed by atoms with Gasteiger partial charge in [-0.1, -0.05) is 11.6 Å². The molecule has 2 N–H and O–H groups in total. The maximum atomic E-state index is 6.13. The Balaban J connectivity index is 1.72. The summed E-state index contributed by atoms with van der Waals surface area (Å²) in [5.41, 5.74) is 8.98. The maximum Gasteiger partial charge on any atom is 0.247 e. The Morgan fingerprint density at radius 1 is 1.18 bits per heavy atom. The first-order chi connectivity index (χ1) is 10.5. The molecule has 3 rings (SSSR count). The SMILES string of the molecule is Cc1nn(CCc2nnc(-c3ccc(N)cc3)o2)c(C)c1Cl. The first-order valence-corrected chi connectivity index (χ1v) is 7.30. The molecule has 1 aromatic carbocycles. The number of nitrogens with zero attached hydrogens (tertiary/aromatic N) is 4. The monoisotopic (exact) mass is 317 g/mol. The fraction of sp³-hybridized carbons (Fsp3) is 0.267. The number of anilines is 1. The Morgan fingerprint density at radius 3 is 2.55 bits per heavy atom. The van der Waals surface area contributed by atoms with Crippen molar-refractivity contribution in [3.05, 3.63) is 46.6 Å². The number of rotatable bonds is 4. The summed E-state index contributed by atoms with van der Waals surface area (Å²) >= 11 is 6.13. The summed E-state index contributed by atoms with van der Waals surface area (Å²) < 4.78 is 7.52. The summed E-state index contributed by atoms with van der Waals surface area (Å²) in [6, 6.07) is 7.31. The lowest BCUT2D eigenvalue weighted by molar-refractivity contribution is 0.471. The van der Waals surface area contributed by atoms with Gasteiger partial charge in [0.05, 0.1) is 16.4 Å². The second-order valence-corrected chi connectivity index (χ2v) is 5.46. The van der Waals surface area contributed by atoms with E-state index in [2.05, 4.69) is 15.3 Å². The highest BCUT2D eigenvalue weighted by molar-refractivity contribution is 6.31. The van der Waals surface area contributed by atoms with Crippen molar-refractivity contribution < 1.29 is 4.42 Å². The molecule has 7 heteroatoms. The molecule has 0 saturated carbocycles. The van der Waals surface area contributed by atoms with E-state index in [-0.39, 0.29) is 0 Å². The molecule has 0 aliphatic rings. The van der Waals surface area contributed by atoms with E-state index >= 15 is 0 Å². The lowest BCUT2D eigenvalue weighted by Gasteiger charge is -2.01. The molecular formula is C15H16ClN5O. The van der Waals surface area contributed by atoms with E-state index in [9.17, 15) is 0 Å². The molecule has 3 aromatic rings. The van der Waals surface area contributed by atoms with Crippen LogP contribution in [0.3, 0.4) is 0 Å². The number of benzene rings is 1. The van der Waals surface area contributed by atoms with Crippen LogP contribution in [0.1, 0.15) is 17.3 Å². The molecular weight excluding hydrogens is 302 g/mol. The van der Waals surface area contributed by atoms with Crippen molar-refractivity contribution in [1.29, 1.82) is 0 Å². The summed E-state index contributed by atoms with van der Waals surface area (Å²) in [5.74, 6) is 1.05. The molecule has 22 heavy (non-hydrogen) atoms. The van der Waals surface area contributed by atoms with Crippen LogP contribution < -0.4 is 5.73 Å². The van der Waals surface area contributed by atoms with Crippen molar-refractivity contribution in [3.63, 3.8) is 0 Å². The highest BCUT2D eigenvalue weighted by Crippen LogP contribution is 2.21. The summed E-state index contributed by atoms with van der Waals surface area (Å²) in [4.78, 5) is 0. The van der Waals surface area contributed by atoms with Gasteiger partial charge in [-0.15, -0.1) is 10.2 Å². The Bertz CT molecular complexity index is 791. The maximum absolute atomic E-state index is 6.13. The van der Waals surface area contributed by atoms with Crippen LogP contribution in [0.2, 0.25) is 5.02 Å². The van der Waals surface area contributed by atoms with Crippen LogP contribution >= 0.6 is 11.6 Å². The zero-order chi connectivity index (χ0) is 15.7. The van der Waals surface area contributed by atoms with Crippen LogP contribution in [0, 0.1) is 13.8 Å². The number of aryl methyl sites for hydroxylation is 3. The van der Waals surface area contributed by atoms with Crippen molar-refractivity contribution in [2.75, 3.05) is 5.73 Å². The van der Waals surface area contributed by atoms with Crippen molar-refractivity contribution in [3.8, 4) is 11.5 Å². The molecule has 0 bridgehead atoms. The van der Waals surface area contributed by atoms with Crippen molar-refractivity contribution in [2.45, 2.75) is 26.8 Å². The predicted octanol–water partition coefficient (Wildman–Crippen LogP) is 3.03.